The molecular weight excluding hydrogens is 472 g/mol. The van der Waals surface area contributed by atoms with Gasteiger partial charge in [-0.2, -0.15) is 5.10 Å². The molecule has 3 unspecified atom stereocenters. The molecule has 0 spiro atoms. The van der Waals surface area contributed by atoms with Crippen molar-refractivity contribution >= 4 is 28.5 Å². The number of benzene rings is 2. The lowest BCUT2D eigenvalue weighted by Gasteiger charge is -2.36. The normalized spacial score (nSPS) is 22.1. The third kappa shape index (κ3) is 5.17. The van der Waals surface area contributed by atoms with Crippen molar-refractivity contribution in [3.63, 3.8) is 0 Å². The summed E-state index contributed by atoms with van der Waals surface area (Å²) < 4.78 is 5.81. The Kier molecular flexibility index (Phi) is 7.67. The zero-order valence-electron chi connectivity index (χ0n) is 20.8. The van der Waals surface area contributed by atoms with Crippen LogP contribution in [0.5, 0.6) is 5.75 Å². The van der Waals surface area contributed by atoms with Crippen LogP contribution in [0.1, 0.15) is 44.7 Å². The van der Waals surface area contributed by atoms with Crippen LogP contribution < -0.4 is 20.5 Å². The van der Waals surface area contributed by atoms with Crippen LogP contribution in [0.15, 0.2) is 72.1 Å². The number of hydrazone groups is 1. The van der Waals surface area contributed by atoms with Gasteiger partial charge in [0.05, 0.1) is 24.4 Å². The second kappa shape index (κ2) is 11.3. The summed E-state index contributed by atoms with van der Waals surface area (Å²) in [5.41, 5.74) is 9.09. The van der Waals surface area contributed by atoms with Gasteiger partial charge in [-0.3, -0.25) is 10.2 Å². The number of amides is 1. The predicted octanol–water partition coefficient (Wildman–Crippen LogP) is 4.26. The number of hydrogen-bond donors (Lipinski definition) is 2. The quantitative estimate of drug-likeness (QED) is 0.493. The van der Waals surface area contributed by atoms with Crippen LogP contribution in [0, 0.1) is 0 Å². The first-order valence-corrected chi connectivity index (χ1v) is 13.7. The molecule has 3 heterocycles. The van der Waals surface area contributed by atoms with Gasteiger partial charge in [0.25, 0.3) is 0 Å². The fraction of sp³-hybridized carbons (Fsp3) is 0.407. The monoisotopic (exact) mass is 506 g/mol. The SMILES string of the molecule is CCCCOc1ccc(C2CC3C4NN=C(SCC(=O)N(CC)c5ccccc5)N4C=CN3N2)cc1. The van der Waals surface area contributed by atoms with Crippen molar-refractivity contribution in [2.75, 3.05) is 23.8 Å². The van der Waals surface area contributed by atoms with Crippen molar-refractivity contribution in [1.82, 2.24) is 20.8 Å². The average Bonchev–Trinajstić information content (AvgIpc) is 3.53. The Labute approximate surface area is 217 Å². The van der Waals surface area contributed by atoms with Crippen LogP contribution >= 0.6 is 11.8 Å². The Bertz CT molecular complexity index is 1090. The van der Waals surface area contributed by atoms with Crippen LogP contribution in [0.2, 0.25) is 0 Å². The summed E-state index contributed by atoms with van der Waals surface area (Å²) in [5, 5.41) is 7.58. The second-order valence-corrected chi connectivity index (χ2v) is 10.0. The minimum Gasteiger partial charge on any atom is -0.494 e. The first-order chi connectivity index (χ1) is 17.7. The van der Waals surface area contributed by atoms with Crippen LogP contribution in [0.3, 0.4) is 0 Å². The number of amidine groups is 1. The van der Waals surface area contributed by atoms with Gasteiger partial charge in [0.15, 0.2) is 5.17 Å². The number of hydrazine groups is 1. The van der Waals surface area contributed by atoms with Crippen LogP contribution in [0.25, 0.3) is 0 Å². The number of rotatable bonds is 9. The lowest BCUT2D eigenvalue weighted by molar-refractivity contribution is -0.116. The number of thioether (sulfide) groups is 1. The molecule has 0 radical (unpaired) electrons. The summed E-state index contributed by atoms with van der Waals surface area (Å²) >= 11 is 1.48. The number of nitrogens with zero attached hydrogens (tertiary/aromatic N) is 4. The minimum atomic E-state index is 0.0261. The standard InChI is InChI=1S/C27H34N6O2S/c1-3-5-17-35-22-13-11-20(12-14-22)23-18-24-26-28-29-27(32(26)15-16-33(24)30-23)36-19-25(34)31(4-2)21-9-7-6-8-10-21/h6-16,23-24,26,28,30H,3-5,17-19H2,1-2H3. The molecule has 0 aromatic heterocycles. The zero-order chi connectivity index (χ0) is 24.9. The fourth-order valence-corrected chi connectivity index (χ4v) is 5.66. The number of anilines is 1. The molecule has 0 aliphatic carbocycles. The topological polar surface area (TPSA) is 72.4 Å². The number of ether oxygens (including phenoxy) is 1. The Morgan fingerprint density at radius 1 is 1.14 bits per heavy atom. The number of hydrogen-bond acceptors (Lipinski definition) is 8. The molecule has 1 amide bonds. The van der Waals surface area contributed by atoms with Gasteiger partial charge in [-0.05, 0) is 49.6 Å². The van der Waals surface area contributed by atoms with E-state index in [9.17, 15) is 4.79 Å². The third-order valence-electron chi connectivity index (χ3n) is 6.76. The van der Waals surface area contributed by atoms with E-state index in [2.05, 4.69) is 63.3 Å². The van der Waals surface area contributed by atoms with E-state index in [1.807, 2.05) is 48.4 Å². The average molecular weight is 507 g/mol. The molecule has 3 aliphatic heterocycles. The van der Waals surface area contributed by atoms with E-state index in [1.165, 1.54) is 17.3 Å². The Morgan fingerprint density at radius 2 is 1.94 bits per heavy atom. The molecule has 2 aromatic carbocycles. The fourth-order valence-electron chi connectivity index (χ4n) is 4.81. The molecule has 0 bridgehead atoms. The van der Waals surface area contributed by atoms with E-state index in [0.717, 1.165) is 42.5 Å². The first kappa shape index (κ1) is 24.5. The molecule has 3 aliphatic rings. The van der Waals surface area contributed by atoms with E-state index < -0.39 is 0 Å². The van der Waals surface area contributed by atoms with Crippen LogP contribution in [0.4, 0.5) is 5.69 Å². The minimum absolute atomic E-state index is 0.0261. The summed E-state index contributed by atoms with van der Waals surface area (Å²) in [7, 11) is 0. The van der Waals surface area contributed by atoms with E-state index >= 15 is 0 Å². The summed E-state index contributed by atoms with van der Waals surface area (Å²) in [6.07, 6.45) is 7.27. The molecule has 190 valence electrons. The Hall–Kier alpha value is -3.17. The number of para-hydroxylation sites is 1. The van der Waals surface area contributed by atoms with Gasteiger partial charge < -0.3 is 19.5 Å². The zero-order valence-corrected chi connectivity index (χ0v) is 21.7. The van der Waals surface area contributed by atoms with Gasteiger partial charge in [0.2, 0.25) is 5.91 Å². The van der Waals surface area contributed by atoms with Crippen LogP contribution in [-0.2, 0) is 4.79 Å². The first-order valence-electron chi connectivity index (χ1n) is 12.7. The second-order valence-electron chi connectivity index (χ2n) is 9.10. The van der Waals surface area contributed by atoms with Crippen molar-refractivity contribution in [1.29, 1.82) is 0 Å². The van der Waals surface area contributed by atoms with Gasteiger partial charge in [0, 0.05) is 24.6 Å². The Balaban J connectivity index is 1.16. The number of nitrogens with one attached hydrogen (secondary N) is 2. The number of carbonyl (C=O) groups excluding carboxylic acids is 1. The highest BCUT2D eigenvalue weighted by Gasteiger charge is 2.44. The number of fused-ring (bicyclic) bond motifs is 3. The van der Waals surface area contributed by atoms with Gasteiger partial charge in [-0.1, -0.05) is 55.4 Å². The van der Waals surface area contributed by atoms with E-state index in [1.54, 1.807) is 0 Å². The van der Waals surface area contributed by atoms with E-state index in [4.69, 9.17) is 4.74 Å². The summed E-state index contributed by atoms with van der Waals surface area (Å²) in [6, 6.07) is 18.7. The van der Waals surface area contributed by atoms with Crippen LogP contribution in [-0.4, -0.2) is 52.1 Å². The maximum Gasteiger partial charge on any atom is 0.237 e. The lowest BCUT2D eigenvalue weighted by Crippen LogP contribution is -2.54. The van der Waals surface area contributed by atoms with Crippen molar-refractivity contribution in [2.24, 2.45) is 5.10 Å². The molecule has 1 saturated heterocycles. The van der Waals surface area contributed by atoms with Crippen molar-refractivity contribution in [3.8, 4) is 5.75 Å². The molecule has 36 heavy (non-hydrogen) atoms. The molecule has 0 saturated carbocycles. The van der Waals surface area contributed by atoms with Gasteiger partial charge in [-0.15, -0.1) is 0 Å². The molecule has 2 N–H and O–H groups in total. The van der Waals surface area contributed by atoms with Gasteiger partial charge in [0.1, 0.15) is 11.9 Å². The van der Waals surface area contributed by atoms with Gasteiger partial charge in [-0.25, -0.2) is 5.43 Å². The summed E-state index contributed by atoms with van der Waals surface area (Å²) in [4.78, 5) is 16.9. The maximum absolute atomic E-state index is 12.9. The molecule has 2 aromatic rings. The lowest BCUT2D eigenvalue weighted by atomic mass is 10.00. The predicted molar refractivity (Wildman–Crippen MR) is 145 cm³/mol. The molecule has 3 atom stereocenters. The van der Waals surface area contributed by atoms with Crippen molar-refractivity contribution in [3.05, 3.63) is 72.6 Å². The highest BCUT2D eigenvalue weighted by Crippen LogP contribution is 2.35. The molecule has 5 rings (SSSR count). The molecular formula is C27H34N6O2S. The van der Waals surface area contributed by atoms with Crippen molar-refractivity contribution < 1.29 is 9.53 Å². The third-order valence-corrected chi connectivity index (χ3v) is 7.72. The summed E-state index contributed by atoms with van der Waals surface area (Å²) in [5.74, 6) is 1.33. The van der Waals surface area contributed by atoms with E-state index in [-0.39, 0.29) is 24.2 Å². The molecule has 8 nitrogen and oxygen atoms in total. The molecule has 1 fully saturated rings. The number of carbonyl (C=O) groups is 1. The summed E-state index contributed by atoms with van der Waals surface area (Å²) in [6.45, 7) is 5.56. The highest BCUT2D eigenvalue weighted by atomic mass is 32.2. The maximum atomic E-state index is 12.9. The van der Waals surface area contributed by atoms with Crippen molar-refractivity contribution in [2.45, 2.75) is 51.4 Å². The smallest absolute Gasteiger partial charge is 0.237 e. The number of unbranched alkanes of at least 4 members (excludes halogenated alkanes) is 1. The van der Waals surface area contributed by atoms with E-state index in [0.29, 0.717) is 12.3 Å². The Morgan fingerprint density at radius 3 is 2.69 bits per heavy atom. The molecule has 9 heteroatoms. The highest BCUT2D eigenvalue weighted by molar-refractivity contribution is 8.14. The van der Waals surface area contributed by atoms with Gasteiger partial charge >= 0.3 is 0 Å². The largest absolute Gasteiger partial charge is 0.494 e.